The second-order valence-electron chi connectivity index (χ2n) is 10.2. The van der Waals surface area contributed by atoms with E-state index < -0.39 is 11.7 Å². The van der Waals surface area contributed by atoms with Crippen molar-refractivity contribution in [3.05, 3.63) is 83.4 Å². The molecule has 0 saturated carbocycles. The lowest BCUT2D eigenvalue weighted by Crippen LogP contribution is -2.33. The lowest BCUT2D eigenvalue weighted by molar-refractivity contribution is -0.116. The highest BCUT2D eigenvalue weighted by molar-refractivity contribution is 6.32. The number of amides is 2. The minimum absolute atomic E-state index is 0.176. The number of anilines is 3. The standard InChI is InChI=1S/C30H31ClFN5O4/c1-30(2,3)41-29(39)33-13-5-8-27(38)36-21-9-11-25-23(15-21)28(35-18-34-25)37-22-10-12-26(24(31)16-22)40-17-19-6-4-7-20(32)14-19/h4,6-7,9-12,14-16,18H,5,8,13,17H2,1-3H3,(H,33,39)(H,36,38)(H,34,35,37). The highest BCUT2D eigenvalue weighted by Crippen LogP contribution is 2.31. The van der Waals surface area contributed by atoms with Crippen molar-refractivity contribution >= 4 is 51.7 Å². The van der Waals surface area contributed by atoms with E-state index in [9.17, 15) is 14.0 Å². The molecule has 0 unspecified atom stereocenters. The zero-order valence-electron chi connectivity index (χ0n) is 23.0. The average Bonchev–Trinajstić information content (AvgIpc) is 2.90. The summed E-state index contributed by atoms with van der Waals surface area (Å²) in [6, 6.07) is 16.7. The first-order valence-corrected chi connectivity index (χ1v) is 13.4. The fourth-order valence-corrected chi connectivity index (χ4v) is 4.07. The van der Waals surface area contributed by atoms with E-state index in [2.05, 4.69) is 25.9 Å². The SMILES string of the molecule is CC(C)(C)OC(=O)NCCCC(=O)Nc1ccc2ncnc(Nc3ccc(OCc4cccc(F)c4)c(Cl)c3)c2c1. The Labute approximate surface area is 242 Å². The number of nitrogens with one attached hydrogen (secondary N) is 3. The van der Waals surface area contributed by atoms with Gasteiger partial charge in [-0.15, -0.1) is 0 Å². The summed E-state index contributed by atoms with van der Waals surface area (Å²) in [6.07, 6.45) is 1.60. The second kappa shape index (κ2) is 13.3. The zero-order valence-corrected chi connectivity index (χ0v) is 23.7. The Bertz CT molecular complexity index is 1540. The number of ether oxygens (including phenoxy) is 2. The Kier molecular flexibility index (Phi) is 9.57. The smallest absolute Gasteiger partial charge is 0.407 e. The Morgan fingerprint density at radius 1 is 1.00 bits per heavy atom. The van der Waals surface area contributed by atoms with Gasteiger partial charge < -0.3 is 25.4 Å². The molecule has 9 nitrogen and oxygen atoms in total. The number of carbonyl (C=O) groups excluding carboxylic acids is 2. The summed E-state index contributed by atoms with van der Waals surface area (Å²) >= 11 is 6.44. The quantitative estimate of drug-likeness (QED) is 0.173. The fraction of sp³-hybridized carbons (Fsp3) is 0.267. The summed E-state index contributed by atoms with van der Waals surface area (Å²) < 4.78 is 24.4. The summed E-state index contributed by atoms with van der Waals surface area (Å²) in [5.74, 6) is 0.462. The van der Waals surface area contributed by atoms with E-state index in [0.717, 1.165) is 0 Å². The number of halogens is 2. The molecule has 0 radical (unpaired) electrons. The number of alkyl carbamates (subject to hydrolysis) is 1. The van der Waals surface area contributed by atoms with Gasteiger partial charge in [-0.05, 0) is 81.3 Å². The number of carbonyl (C=O) groups is 2. The molecule has 0 aliphatic heterocycles. The second-order valence-corrected chi connectivity index (χ2v) is 10.6. The van der Waals surface area contributed by atoms with Crippen LogP contribution in [0.1, 0.15) is 39.2 Å². The number of hydrogen-bond acceptors (Lipinski definition) is 7. The van der Waals surface area contributed by atoms with Gasteiger partial charge in [0, 0.05) is 29.7 Å². The third-order valence-corrected chi connectivity index (χ3v) is 5.94. The number of rotatable bonds is 10. The molecule has 3 N–H and O–H groups in total. The van der Waals surface area contributed by atoms with Crippen molar-refractivity contribution < 1.29 is 23.5 Å². The van der Waals surface area contributed by atoms with Gasteiger partial charge in [-0.25, -0.2) is 19.2 Å². The molecule has 1 aromatic heterocycles. The summed E-state index contributed by atoms with van der Waals surface area (Å²) in [5, 5.41) is 9.82. The molecule has 4 rings (SSSR count). The lowest BCUT2D eigenvalue weighted by Gasteiger charge is -2.19. The van der Waals surface area contributed by atoms with Crippen molar-refractivity contribution in [3.8, 4) is 5.75 Å². The van der Waals surface area contributed by atoms with Crippen LogP contribution in [0.2, 0.25) is 5.02 Å². The highest BCUT2D eigenvalue weighted by Gasteiger charge is 2.16. The van der Waals surface area contributed by atoms with Crippen LogP contribution in [0.4, 0.5) is 26.4 Å². The van der Waals surface area contributed by atoms with Gasteiger partial charge in [0.25, 0.3) is 0 Å². The predicted molar refractivity (Wildman–Crippen MR) is 157 cm³/mol. The first-order valence-electron chi connectivity index (χ1n) is 13.0. The Hall–Kier alpha value is -4.44. The molecule has 0 spiro atoms. The van der Waals surface area contributed by atoms with Gasteiger partial charge in [-0.2, -0.15) is 0 Å². The van der Waals surface area contributed by atoms with Gasteiger partial charge in [0.05, 0.1) is 10.5 Å². The maximum Gasteiger partial charge on any atom is 0.407 e. The van der Waals surface area contributed by atoms with E-state index in [1.54, 1.807) is 69.3 Å². The Morgan fingerprint density at radius 3 is 2.56 bits per heavy atom. The summed E-state index contributed by atoms with van der Waals surface area (Å²) in [5.41, 5.74) is 2.05. The number of hydrogen-bond donors (Lipinski definition) is 3. The van der Waals surface area contributed by atoms with E-state index >= 15 is 0 Å². The molecular formula is C30H31ClFN5O4. The summed E-state index contributed by atoms with van der Waals surface area (Å²) in [6.45, 7) is 5.85. The van der Waals surface area contributed by atoms with Gasteiger partial charge in [-0.1, -0.05) is 23.7 Å². The molecule has 3 aromatic carbocycles. The summed E-state index contributed by atoms with van der Waals surface area (Å²) in [4.78, 5) is 32.9. The summed E-state index contributed by atoms with van der Waals surface area (Å²) in [7, 11) is 0. The van der Waals surface area contributed by atoms with E-state index in [-0.39, 0.29) is 24.8 Å². The predicted octanol–water partition coefficient (Wildman–Crippen LogP) is 6.99. The molecular weight excluding hydrogens is 549 g/mol. The number of benzene rings is 3. The van der Waals surface area contributed by atoms with Gasteiger partial charge in [0.2, 0.25) is 5.91 Å². The van der Waals surface area contributed by atoms with Crippen molar-refractivity contribution in [2.45, 2.75) is 45.8 Å². The largest absolute Gasteiger partial charge is 0.487 e. The molecule has 11 heteroatoms. The average molecular weight is 580 g/mol. The van der Waals surface area contributed by atoms with Crippen LogP contribution in [0, 0.1) is 5.82 Å². The molecule has 1 heterocycles. The molecule has 0 fully saturated rings. The van der Waals surface area contributed by atoms with Crippen LogP contribution in [0.5, 0.6) is 5.75 Å². The molecule has 4 aromatic rings. The molecule has 41 heavy (non-hydrogen) atoms. The van der Waals surface area contributed by atoms with Crippen molar-refractivity contribution in [2.75, 3.05) is 17.2 Å². The molecule has 2 amide bonds. The van der Waals surface area contributed by atoms with Crippen molar-refractivity contribution in [1.82, 2.24) is 15.3 Å². The van der Waals surface area contributed by atoms with E-state index in [4.69, 9.17) is 21.1 Å². The van der Waals surface area contributed by atoms with Crippen LogP contribution in [-0.4, -0.2) is 34.1 Å². The van der Waals surface area contributed by atoms with Crippen molar-refractivity contribution in [1.29, 1.82) is 0 Å². The highest BCUT2D eigenvalue weighted by atomic mass is 35.5. The van der Waals surface area contributed by atoms with Crippen LogP contribution in [0.25, 0.3) is 10.9 Å². The fourth-order valence-electron chi connectivity index (χ4n) is 3.83. The van der Waals surface area contributed by atoms with Crippen LogP contribution >= 0.6 is 11.6 Å². The maximum absolute atomic E-state index is 13.4. The van der Waals surface area contributed by atoms with Gasteiger partial charge >= 0.3 is 6.09 Å². The molecule has 0 aliphatic carbocycles. The van der Waals surface area contributed by atoms with Crippen LogP contribution in [0.15, 0.2) is 67.0 Å². The minimum Gasteiger partial charge on any atom is -0.487 e. The van der Waals surface area contributed by atoms with Crippen LogP contribution in [-0.2, 0) is 16.1 Å². The van der Waals surface area contributed by atoms with E-state index in [1.807, 2.05) is 0 Å². The Morgan fingerprint density at radius 2 is 1.80 bits per heavy atom. The maximum atomic E-state index is 13.4. The third kappa shape index (κ3) is 9.04. The molecule has 214 valence electrons. The lowest BCUT2D eigenvalue weighted by atomic mass is 10.2. The Balaban J connectivity index is 1.36. The number of aromatic nitrogens is 2. The monoisotopic (exact) mass is 579 g/mol. The zero-order chi connectivity index (χ0) is 29.4. The minimum atomic E-state index is -0.579. The number of nitrogens with zero attached hydrogens (tertiary/aromatic N) is 2. The van der Waals surface area contributed by atoms with Crippen LogP contribution < -0.4 is 20.7 Å². The molecule has 0 saturated heterocycles. The topological polar surface area (TPSA) is 114 Å². The van der Waals surface area contributed by atoms with Gasteiger partial charge in [0.15, 0.2) is 0 Å². The van der Waals surface area contributed by atoms with Crippen molar-refractivity contribution in [2.24, 2.45) is 0 Å². The van der Waals surface area contributed by atoms with Crippen molar-refractivity contribution in [3.63, 3.8) is 0 Å². The number of fused-ring (bicyclic) bond motifs is 1. The molecule has 0 aliphatic rings. The van der Waals surface area contributed by atoms with E-state index in [0.29, 0.717) is 57.4 Å². The molecule has 0 bridgehead atoms. The van der Waals surface area contributed by atoms with E-state index in [1.165, 1.54) is 18.5 Å². The first kappa shape index (κ1) is 29.5. The van der Waals surface area contributed by atoms with Gasteiger partial charge in [-0.3, -0.25) is 4.79 Å². The third-order valence-electron chi connectivity index (χ3n) is 5.65. The first-order chi connectivity index (χ1) is 19.6. The molecule has 0 atom stereocenters. The van der Waals surface area contributed by atoms with Crippen LogP contribution in [0.3, 0.4) is 0 Å². The van der Waals surface area contributed by atoms with Gasteiger partial charge in [0.1, 0.15) is 35.9 Å². The normalized spacial score (nSPS) is 11.1.